The molecule has 1 heterocycles. The average Bonchev–Trinajstić information content (AvgIpc) is 2.68. The third-order valence-corrected chi connectivity index (χ3v) is 5.38. The lowest BCUT2D eigenvalue weighted by atomic mass is 9.80. The van der Waals surface area contributed by atoms with E-state index in [1.165, 1.54) is 11.8 Å². The highest BCUT2D eigenvalue weighted by atomic mass is 79.9. The number of hydrogen-bond acceptors (Lipinski definition) is 4. The lowest BCUT2D eigenvalue weighted by Crippen LogP contribution is -2.46. The van der Waals surface area contributed by atoms with Gasteiger partial charge in [-0.2, -0.15) is 0 Å². The van der Waals surface area contributed by atoms with Crippen LogP contribution in [0, 0.1) is 5.41 Å². The number of alkyl halides is 2. The van der Waals surface area contributed by atoms with E-state index < -0.39 is 22.6 Å². The molecule has 96 valence electrons. The standard InChI is InChI=1S/C10H12Br2O4S/c1-2-16-8(13)7-10(5-12,9(14)15)6(3-11)4-17-7/h4,7H,2-3,5H2,1H3,(H,14,15). The van der Waals surface area contributed by atoms with Crippen LogP contribution in [0.15, 0.2) is 11.0 Å². The molecule has 1 N–H and O–H groups in total. The molecule has 0 aromatic heterocycles. The van der Waals surface area contributed by atoms with E-state index in [4.69, 9.17) is 4.74 Å². The Morgan fingerprint density at radius 3 is 2.65 bits per heavy atom. The predicted octanol–water partition coefficient (Wildman–Crippen LogP) is 2.41. The molecule has 1 aliphatic rings. The van der Waals surface area contributed by atoms with Crippen molar-refractivity contribution in [3.05, 3.63) is 11.0 Å². The first-order valence-corrected chi connectivity index (χ1v) is 8.10. The largest absolute Gasteiger partial charge is 0.481 e. The zero-order chi connectivity index (χ0) is 13.1. The van der Waals surface area contributed by atoms with Crippen LogP contribution in [0.2, 0.25) is 0 Å². The second kappa shape index (κ2) is 6.24. The summed E-state index contributed by atoms with van der Waals surface area (Å²) in [5, 5.41) is 11.0. The molecule has 0 radical (unpaired) electrons. The van der Waals surface area contributed by atoms with Gasteiger partial charge in [-0.25, -0.2) is 0 Å². The molecule has 1 aliphatic heterocycles. The van der Waals surface area contributed by atoms with E-state index in [0.29, 0.717) is 10.9 Å². The molecule has 0 amide bonds. The number of carboxylic acids is 1. The van der Waals surface area contributed by atoms with Crippen molar-refractivity contribution >= 4 is 55.6 Å². The molecule has 0 saturated heterocycles. The number of halogens is 2. The topological polar surface area (TPSA) is 63.6 Å². The number of carboxylic acid groups (broad SMARTS) is 1. The summed E-state index contributed by atoms with van der Waals surface area (Å²) in [5.74, 6) is -1.49. The number of thioether (sulfide) groups is 1. The number of carbonyl (C=O) groups excluding carboxylic acids is 1. The lowest BCUT2D eigenvalue weighted by molar-refractivity contribution is -0.153. The summed E-state index contributed by atoms with van der Waals surface area (Å²) < 4.78 is 4.93. The fourth-order valence-electron chi connectivity index (χ4n) is 1.63. The maximum Gasteiger partial charge on any atom is 0.320 e. The van der Waals surface area contributed by atoms with Crippen molar-refractivity contribution in [2.24, 2.45) is 5.41 Å². The lowest BCUT2D eigenvalue weighted by Gasteiger charge is -2.29. The number of rotatable bonds is 5. The predicted molar refractivity (Wildman–Crippen MR) is 73.8 cm³/mol. The van der Waals surface area contributed by atoms with Gasteiger partial charge in [-0.05, 0) is 17.9 Å². The third-order valence-electron chi connectivity index (χ3n) is 2.60. The summed E-state index contributed by atoms with van der Waals surface area (Å²) in [7, 11) is 0. The van der Waals surface area contributed by atoms with Crippen molar-refractivity contribution in [3.63, 3.8) is 0 Å². The van der Waals surface area contributed by atoms with Crippen LogP contribution >= 0.6 is 43.6 Å². The molecule has 2 atom stereocenters. The van der Waals surface area contributed by atoms with Crippen molar-refractivity contribution in [2.75, 3.05) is 17.3 Å². The Balaban J connectivity index is 3.09. The Hall–Kier alpha value is -0.0100. The highest BCUT2D eigenvalue weighted by Gasteiger charge is 2.55. The second-order valence-corrected chi connectivity index (χ2v) is 5.56. The van der Waals surface area contributed by atoms with Gasteiger partial charge in [0, 0.05) is 10.7 Å². The van der Waals surface area contributed by atoms with Crippen molar-refractivity contribution < 1.29 is 19.4 Å². The molecule has 0 aliphatic carbocycles. The molecule has 0 saturated carbocycles. The highest BCUT2D eigenvalue weighted by Crippen LogP contribution is 2.48. The Labute approximate surface area is 120 Å². The van der Waals surface area contributed by atoms with Crippen LogP contribution in [-0.2, 0) is 14.3 Å². The van der Waals surface area contributed by atoms with Gasteiger partial charge in [0.1, 0.15) is 10.7 Å². The molecule has 1 rings (SSSR count). The molecule has 0 bridgehead atoms. The van der Waals surface area contributed by atoms with E-state index in [9.17, 15) is 14.7 Å². The Morgan fingerprint density at radius 2 is 2.24 bits per heavy atom. The van der Waals surface area contributed by atoms with Crippen LogP contribution in [0.1, 0.15) is 6.92 Å². The number of hydrogen-bond donors (Lipinski definition) is 1. The smallest absolute Gasteiger partial charge is 0.320 e. The molecule has 4 nitrogen and oxygen atoms in total. The van der Waals surface area contributed by atoms with Gasteiger partial charge < -0.3 is 9.84 Å². The molecule has 0 spiro atoms. The summed E-state index contributed by atoms with van der Waals surface area (Å²) in [6, 6.07) is 0. The summed E-state index contributed by atoms with van der Waals surface area (Å²) in [6.07, 6.45) is 0. The molecular formula is C10H12Br2O4S. The Morgan fingerprint density at radius 1 is 1.59 bits per heavy atom. The zero-order valence-electron chi connectivity index (χ0n) is 9.11. The van der Waals surface area contributed by atoms with E-state index in [-0.39, 0.29) is 11.9 Å². The fourth-order valence-corrected chi connectivity index (χ4v) is 4.98. The van der Waals surface area contributed by atoms with Gasteiger partial charge in [-0.3, -0.25) is 9.59 Å². The van der Waals surface area contributed by atoms with Crippen molar-refractivity contribution in [1.29, 1.82) is 0 Å². The van der Waals surface area contributed by atoms with Crippen LogP contribution in [-0.4, -0.2) is 39.6 Å². The summed E-state index contributed by atoms with van der Waals surface area (Å²) in [4.78, 5) is 23.3. The number of aliphatic carboxylic acids is 1. The van der Waals surface area contributed by atoms with E-state index in [2.05, 4.69) is 31.9 Å². The Kier molecular flexibility index (Phi) is 5.53. The monoisotopic (exact) mass is 386 g/mol. The minimum absolute atomic E-state index is 0.184. The van der Waals surface area contributed by atoms with Crippen LogP contribution in [0.3, 0.4) is 0 Å². The van der Waals surface area contributed by atoms with Gasteiger partial charge in [-0.15, -0.1) is 11.8 Å². The number of ether oxygens (including phenoxy) is 1. The van der Waals surface area contributed by atoms with Gasteiger partial charge in [-0.1, -0.05) is 31.9 Å². The minimum atomic E-state index is -1.22. The second-order valence-electron chi connectivity index (χ2n) is 3.46. The van der Waals surface area contributed by atoms with Crippen molar-refractivity contribution in [2.45, 2.75) is 12.2 Å². The van der Waals surface area contributed by atoms with Gasteiger partial charge in [0.2, 0.25) is 0 Å². The molecule has 17 heavy (non-hydrogen) atoms. The quantitative estimate of drug-likeness (QED) is 0.579. The SMILES string of the molecule is CCOC(=O)C1SC=C(CBr)C1(CBr)C(=O)O. The minimum Gasteiger partial charge on any atom is -0.481 e. The van der Waals surface area contributed by atoms with E-state index >= 15 is 0 Å². The van der Waals surface area contributed by atoms with Gasteiger partial charge >= 0.3 is 11.9 Å². The average molecular weight is 388 g/mol. The van der Waals surface area contributed by atoms with E-state index in [1.807, 2.05) is 0 Å². The normalized spacial score (nSPS) is 27.7. The highest BCUT2D eigenvalue weighted by molar-refractivity contribution is 9.09. The molecule has 2 unspecified atom stereocenters. The van der Waals surface area contributed by atoms with Gasteiger partial charge in [0.15, 0.2) is 0 Å². The first-order chi connectivity index (χ1) is 8.04. The number of esters is 1. The summed E-state index contributed by atoms with van der Waals surface area (Å²) >= 11 is 7.68. The first kappa shape index (κ1) is 15.0. The maximum absolute atomic E-state index is 11.8. The van der Waals surface area contributed by atoms with E-state index in [0.717, 1.165) is 0 Å². The van der Waals surface area contributed by atoms with Crippen molar-refractivity contribution in [3.8, 4) is 0 Å². The van der Waals surface area contributed by atoms with Gasteiger partial charge in [0.05, 0.1) is 6.61 Å². The molecule has 0 aromatic rings. The van der Waals surface area contributed by atoms with Crippen LogP contribution in [0.4, 0.5) is 0 Å². The third kappa shape index (κ3) is 2.56. The van der Waals surface area contributed by atoms with Gasteiger partial charge in [0.25, 0.3) is 0 Å². The first-order valence-electron chi connectivity index (χ1n) is 4.91. The number of carbonyl (C=O) groups is 2. The molecule has 7 heteroatoms. The fraction of sp³-hybridized carbons (Fsp3) is 0.600. The molecular weight excluding hydrogens is 376 g/mol. The van der Waals surface area contributed by atoms with E-state index in [1.54, 1.807) is 12.3 Å². The Bertz CT molecular complexity index is 358. The van der Waals surface area contributed by atoms with Crippen LogP contribution in [0.25, 0.3) is 0 Å². The zero-order valence-corrected chi connectivity index (χ0v) is 13.1. The molecule has 0 aromatic carbocycles. The van der Waals surface area contributed by atoms with Crippen LogP contribution in [0.5, 0.6) is 0 Å². The molecule has 0 fully saturated rings. The summed E-state index contributed by atoms with van der Waals surface area (Å²) in [6.45, 7) is 1.95. The maximum atomic E-state index is 11.8. The summed E-state index contributed by atoms with van der Waals surface area (Å²) in [5.41, 5.74) is -0.537. The van der Waals surface area contributed by atoms with Crippen molar-refractivity contribution in [1.82, 2.24) is 0 Å². The van der Waals surface area contributed by atoms with Crippen LogP contribution < -0.4 is 0 Å².